The fourth-order valence-electron chi connectivity index (χ4n) is 3.53. The first-order chi connectivity index (χ1) is 13.5. The minimum Gasteiger partial charge on any atom is -0.353 e. The number of anilines is 1. The van der Waals surface area contributed by atoms with Gasteiger partial charge in [-0.2, -0.15) is 9.57 Å². The van der Waals surface area contributed by atoms with Crippen LogP contribution in [0.15, 0.2) is 53.7 Å². The number of nitriles is 1. The van der Waals surface area contributed by atoms with E-state index in [1.165, 1.54) is 4.31 Å². The van der Waals surface area contributed by atoms with Gasteiger partial charge in [0.2, 0.25) is 10.0 Å². The Balaban J connectivity index is 1.62. The molecular formula is C20H19N5O2S. The number of aromatic nitrogens is 2. The molecule has 0 radical (unpaired) electrons. The molecule has 0 unspecified atom stereocenters. The highest BCUT2D eigenvalue weighted by Crippen LogP contribution is 2.28. The second-order valence-corrected chi connectivity index (χ2v) is 8.56. The molecule has 1 aromatic carbocycles. The van der Waals surface area contributed by atoms with Gasteiger partial charge in [0.1, 0.15) is 11.9 Å². The highest BCUT2D eigenvalue weighted by molar-refractivity contribution is 7.89. The SMILES string of the molecule is Cc1ccc(S(=O)(=O)N2CCN(c3ncccc3C#N)CC2)c2cccnc12. The van der Waals surface area contributed by atoms with Crippen molar-refractivity contribution < 1.29 is 8.42 Å². The van der Waals surface area contributed by atoms with Crippen molar-refractivity contribution >= 4 is 26.7 Å². The Labute approximate surface area is 163 Å². The summed E-state index contributed by atoms with van der Waals surface area (Å²) >= 11 is 0. The topological polar surface area (TPSA) is 90.2 Å². The molecule has 28 heavy (non-hydrogen) atoms. The normalized spacial score (nSPS) is 15.5. The van der Waals surface area contributed by atoms with Gasteiger partial charge < -0.3 is 4.90 Å². The lowest BCUT2D eigenvalue weighted by Gasteiger charge is -2.35. The molecule has 0 bridgehead atoms. The van der Waals surface area contributed by atoms with Gasteiger partial charge in [0.15, 0.2) is 0 Å². The lowest BCUT2D eigenvalue weighted by Crippen LogP contribution is -2.49. The molecular weight excluding hydrogens is 374 g/mol. The number of hydrogen-bond donors (Lipinski definition) is 0. The number of pyridine rings is 2. The first-order valence-corrected chi connectivity index (χ1v) is 10.4. The van der Waals surface area contributed by atoms with Crippen LogP contribution in [0.3, 0.4) is 0 Å². The minimum atomic E-state index is -3.65. The smallest absolute Gasteiger partial charge is 0.243 e. The Morgan fingerprint density at radius 3 is 2.46 bits per heavy atom. The molecule has 1 saturated heterocycles. The monoisotopic (exact) mass is 393 g/mol. The zero-order valence-corrected chi connectivity index (χ0v) is 16.2. The maximum Gasteiger partial charge on any atom is 0.243 e. The molecule has 1 fully saturated rings. The third kappa shape index (κ3) is 3.09. The molecule has 0 amide bonds. The number of sulfonamides is 1. The maximum absolute atomic E-state index is 13.3. The van der Waals surface area contributed by atoms with E-state index < -0.39 is 10.0 Å². The Hall–Kier alpha value is -3.02. The third-order valence-corrected chi connectivity index (χ3v) is 6.95. The Morgan fingerprint density at radius 2 is 1.71 bits per heavy atom. The summed E-state index contributed by atoms with van der Waals surface area (Å²) in [6.07, 6.45) is 3.31. The van der Waals surface area contributed by atoms with Crippen molar-refractivity contribution in [3.8, 4) is 6.07 Å². The van der Waals surface area contributed by atoms with Crippen molar-refractivity contribution in [3.05, 3.63) is 59.9 Å². The van der Waals surface area contributed by atoms with Gasteiger partial charge in [-0.1, -0.05) is 6.07 Å². The average Bonchev–Trinajstić information content (AvgIpc) is 2.74. The predicted molar refractivity (Wildman–Crippen MR) is 106 cm³/mol. The number of piperazine rings is 1. The summed E-state index contributed by atoms with van der Waals surface area (Å²) < 4.78 is 28.1. The number of nitrogens with zero attached hydrogens (tertiary/aromatic N) is 5. The predicted octanol–water partition coefficient (Wildman–Crippen LogP) is 2.32. The van der Waals surface area contributed by atoms with Gasteiger partial charge in [0.25, 0.3) is 0 Å². The number of hydrogen-bond acceptors (Lipinski definition) is 6. The van der Waals surface area contributed by atoms with Crippen LogP contribution >= 0.6 is 0 Å². The first kappa shape index (κ1) is 18.3. The van der Waals surface area contributed by atoms with Crippen LogP contribution in [0.25, 0.3) is 10.9 Å². The van der Waals surface area contributed by atoms with E-state index in [2.05, 4.69) is 16.0 Å². The molecule has 0 atom stereocenters. The number of fused-ring (bicyclic) bond motifs is 1. The molecule has 3 heterocycles. The van der Waals surface area contributed by atoms with Crippen molar-refractivity contribution in [1.29, 1.82) is 5.26 Å². The molecule has 0 N–H and O–H groups in total. The zero-order valence-electron chi connectivity index (χ0n) is 15.4. The molecule has 8 heteroatoms. The molecule has 0 aliphatic carbocycles. The summed E-state index contributed by atoms with van der Waals surface area (Å²) in [6, 6.07) is 12.6. The molecule has 1 aliphatic rings. The summed E-state index contributed by atoms with van der Waals surface area (Å²) in [5.41, 5.74) is 2.14. The van der Waals surface area contributed by atoms with Gasteiger partial charge >= 0.3 is 0 Å². The highest BCUT2D eigenvalue weighted by atomic mass is 32.2. The van der Waals surface area contributed by atoms with Crippen LogP contribution in [0.2, 0.25) is 0 Å². The van der Waals surface area contributed by atoms with Crippen LogP contribution in [0.1, 0.15) is 11.1 Å². The lowest BCUT2D eigenvalue weighted by atomic mass is 10.1. The van der Waals surface area contributed by atoms with Crippen molar-refractivity contribution in [2.24, 2.45) is 0 Å². The number of rotatable bonds is 3. The Morgan fingerprint density at radius 1 is 1.00 bits per heavy atom. The van der Waals surface area contributed by atoms with E-state index in [0.717, 1.165) is 5.56 Å². The summed E-state index contributed by atoms with van der Waals surface area (Å²) in [7, 11) is -3.65. The zero-order chi connectivity index (χ0) is 19.7. The number of benzene rings is 1. The van der Waals surface area contributed by atoms with Crippen LogP contribution in [0, 0.1) is 18.3 Å². The Bertz CT molecular complexity index is 1180. The van der Waals surface area contributed by atoms with Crippen LogP contribution in [0.4, 0.5) is 5.82 Å². The van der Waals surface area contributed by atoms with E-state index in [4.69, 9.17) is 0 Å². The van der Waals surface area contributed by atoms with E-state index in [9.17, 15) is 13.7 Å². The Kier molecular flexibility index (Phi) is 4.71. The van der Waals surface area contributed by atoms with Gasteiger partial charge in [-0.25, -0.2) is 13.4 Å². The third-order valence-electron chi connectivity index (χ3n) is 4.99. The van der Waals surface area contributed by atoms with E-state index in [-0.39, 0.29) is 4.90 Å². The van der Waals surface area contributed by atoms with Crippen molar-refractivity contribution in [2.75, 3.05) is 31.1 Å². The van der Waals surface area contributed by atoms with Crippen LogP contribution in [0.5, 0.6) is 0 Å². The standard InChI is InChI=1S/C20H19N5O2S/c1-15-6-7-18(17-5-3-8-22-19(15)17)28(26,27)25-12-10-24(11-13-25)20-16(14-21)4-2-9-23-20/h2-9H,10-13H2,1H3. The molecule has 2 aromatic heterocycles. The quantitative estimate of drug-likeness (QED) is 0.678. The summed E-state index contributed by atoms with van der Waals surface area (Å²) in [5, 5.41) is 9.91. The van der Waals surface area contributed by atoms with E-state index in [1.54, 1.807) is 48.8 Å². The summed E-state index contributed by atoms with van der Waals surface area (Å²) in [5.74, 6) is 0.604. The fourth-order valence-corrected chi connectivity index (χ4v) is 5.13. The van der Waals surface area contributed by atoms with Crippen LogP contribution in [-0.2, 0) is 10.0 Å². The van der Waals surface area contributed by atoms with E-state index >= 15 is 0 Å². The second kappa shape index (κ2) is 7.19. The molecule has 0 spiro atoms. The first-order valence-electron chi connectivity index (χ1n) is 8.97. The largest absolute Gasteiger partial charge is 0.353 e. The van der Waals surface area contributed by atoms with Gasteiger partial charge in [-0.3, -0.25) is 4.98 Å². The molecule has 7 nitrogen and oxygen atoms in total. The molecule has 0 saturated carbocycles. The van der Waals surface area contributed by atoms with Gasteiger partial charge in [-0.15, -0.1) is 0 Å². The van der Waals surface area contributed by atoms with Gasteiger partial charge in [-0.05, 0) is 42.8 Å². The summed E-state index contributed by atoms with van der Waals surface area (Å²) in [4.78, 5) is 10.9. The molecule has 1 aliphatic heterocycles. The van der Waals surface area contributed by atoms with E-state index in [1.807, 2.05) is 11.8 Å². The molecule has 3 aromatic rings. The maximum atomic E-state index is 13.3. The van der Waals surface area contributed by atoms with Crippen molar-refractivity contribution in [2.45, 2.75) is 11.8 Å². The van der Waals surface area contributed by atoms with Crippen molar-refractivity contribution in [1.82, 2.24) is 14.3 Å². The van der Waals surface area contributed by atoms with E-state index in [0.29, 0.717) is 48.5 Å². The highest BCUT2D eigenvalue weighted by Gasteiger charge is 2.31. The molecule has 142 valence electrons. The second-order valence-electron chi connectivity index (χ2n) is 6.66. The fraction of sp³-hybridized carbons (Fsp3) is 0.250. The van der Waals surface area contributed by atoms with Crippen LogP contribution in [-0.4, -0.2) is 48.9 Å². The minimum absolute atomic E-state index is 0.283. The van der Waals surface area contributed by atoms with Crippen LogP contribution < -0.4 is 4.90 Å². The summed E-state index contributed by atoms with van der Waals surface area (Å²) in [6.45, 7) is 3.54. The van der Waals surface area contributed by atoms with Crippen molar-refractivity contribution in [3.63, 3.8) is 0 Å². The van der Waals surface area contributed by atoms with Gasteiger partial charge in [0, 0.05) is 44.0 Å². The number of aryl methyl sites for hydroxylation is 1. The van der Waals surface area contributed by atoms with Gasteiger partial charge in [0.05, 0.1) is 16.0 Å². The molecule has 4 rings (SSSR count). The lowest BCUT2D eigenvalue weighted by molar-refractivity contribution is 0.384. The average molecular weight is 393 g/mol.